The minimum Gasteiger partial charge on any atom is -0.488 e. The molecule has 4 rings (SSSR count). The lowest BCUT2D eigenvalue weighted by Gasteiger charge is -2.30. The van der Waals surface area contributed by atoms with Crippen LogP contribution >= 0.6 is 0 Å². The van der Waals surface area contributed by atoms with Crippen LogP contribution in [0.2, 0.25) is 0 Å². The highest BCUT2D eigenvalue weighted by atomic mass is 16.5. The first-order valence-electron chi connectivity index (χ1n) is 10.3. The maximum Gasteiger partial charge on any atom is 0.251 e. The molecule has 154 valence electrons. The van der Waals surface area contributed by atoms with Crippen LogP contribution in [0.5, 0.6) is 5.75 Å². The molecule has 2 aromatic rings. The van der Waals surface area contributed by atoms with E-state index in [1.165, 1.54) is 11.1 Å². The number of amides is 1. The van der Waals surface area contributed by atoms with Crippen molar-refractivity contribution in [3.05, 3.63) is 65.2 Å². The van der Waals surface area contributed by atoms with E-state index in [1.807, 2.05) is 0 Å². The van der Waals surface area contributed by atoms with Gasteiger partial charge in [0.1, 0.15) is 11.9 Å². The third kappa shape index (κ3) is 5.35. The van der Waals surface area contributed by atoms with Crippen LogP contribution in [0, 0.1) is 0 Å². The maximum absolute atomic E-state index is 12.4. The Kier molecular flexibility index (Phi) is 6.44. The summed E-state index contributed by atoms with van der Waals surface area (Å²) in [4.78, 5) is 14.6. The molecule has 0 aliphatic carbocycles. The number of ether oxygens (including phenoxy) is 2. The number of rotatable bonds is 7. The summed E-state index contributed by atoms with van der Waals surface area (Å²) in [6, 6.07) is 15.5. The van der Waals surface area contributed by atoms with E-state index in [4.69, 9.17) is 9.47 Å². The Morgan fingerprint density at radius 1 is 1.21 bits per heavy atom. The molecule has 0 spiro atoms. The summed E-state index contributed by atoms with van der Waals surface area (Å²) >= 11 is 0. The molecular formula is C23H28N2O4. The molecule has 2 aliphatic heterocycles. The van der Waals surface area contributed by atoms with E-state index in [-0.39, 0.29) is 18.6 Å². The molecule has 2 aliphatic rings. The van der Waals surface area contributed by atoms with Crippen LogP contribution in [-0.4, -0.2) is 61.0 Å². The van der Waals surface area contributed by atoms with Crippen LogP contribution in [0.15, 0.2) is 48.5 Å². The fourth-order valence-electron chi connectivity index (χ4n) is 3.87. The summed E-state index contributed by atoms with van der Waals surface area (Å²) in [6.45, 7) is 3.89. The van der Waals surface area contributed by atoms with Gasteiger partial charge in [-0.15, -0.1) is 0 Å². The van der Waals surface area contributed by atoms with Crippen molar-refractivity contribution >= 4 is 5.91 Å². The highest BCUT2D eigenvalue weighted by Crippen LogP contribution is 2.19. The number of hydrogen-bond donors (Lipinski definition) is 2. The maximum atomic E-state index is 12.4. The van der Waals surface area contributed by atoms with Crippen molar-refractivity contribution in [3.63, 3.8) is 0 Å². The summed E-state index contributed by atoms with van der Waals surface area (Å²) in [6.07, 6.45) is 1.38. The van der Waals surface area contributed by atoms with E-state index < -0.39 is 6.10 Å². The average Bonchev–Trinajstić information content (AvgIpc) is 3.25. The van der Waals surface area contributed by atoms with E-state index in [9.17, 15) is 9.90 Å². The molecule has 6 heteroatoms. The van der Waals surface area contributed by atoms with Gasteiger partial charge >= 0.3 is 0 Å². The molecule has 2 N–H and O–H groups in total. The third-order valence-corrected chi connectivity index (χ3v) is 5.48. The van der Waals surface area contributed by atoms with Crippen molar-refractivity contribution in [2.24, 2.45) is 0 Å². The summed E-state index contributed by atoms with van der Waals surface area (Å²) in [5, 5.41) is 13.2. The number of benzene rings is 2. The standard InChI is InChI=1S/C23H28N2O4/c26-20(15-25-11-9-17-3-1-2-4-19(17)14-25)13-24-23(27)18-5-7-21(8-6-18)29-22-10-12-28-16-22/h1-8,20,22,26H,9-16H2,(H,24,27). The summed E-state index contributed by atoms with van der Waals surface area (Å²) < 4.78 is 11.1. The van der Waals surface area contributed by atoms with Gasteiger partial charge in [0.05, 0.1) is 19.3 Å². The Morgan fingerprint density at radius 2 is 2.00 bits per heavy atom. The van der Waals surface area contributed by atoms with Gasteiger partial charge in [-0.1, -0.05) is 24.3 Å². The topological polar surface area (TPSA) is 71.0 Å². The van der Waals surface area contributed by atoms with E-state index in [0.717, 1.165) is 38.3 Å². The summed E-state index contributed by atoms with van der Waals surface area (Å²) in [5.41, 5.74) is 3.26. The van der Waals surface area contributed by atoms with E-state index in [0.29, 0.717) is 18.7 Å². The Bertz CT molecular complexity index is 818. The number of aliphatic hydroxyl groups excluding tert-OH is 1. The highest BCUT2D eigenvalue weighted by molar-refractivity contribution is 5.94. The Labute approximate surface area is 171 Å². The lowest BCUT2D eigenvalue weighted by Crippen LogP contribution is -2.42. The number of hydrogen-bond acceptors (Lipinski definition) is 5. The molecule has 6 nitrogen and oxygen atoms in total. The lowest BCUT2D eigenvalue weighted by molar-refractivity contribution is 0.0841. The van der Waals surface area contributed by atoms with Gasteiger partial charge in [0, 0.05) is 38.2 Å². The second-order valence-corrected chi connectivity index (χ2v) is 7.75. The summed E-state index contributed by atoms with van der Waals surface area (Å²) in [7, 11) is 0. The van der Waals surface area contributed by atoms with Crippen molar-refractivity contribution < 1.29 is 19.4 Å². The smallest absolute Gasteiger partial charge is 0.251 e. The van der Waals surface area contributed by atoms with Crippen molar-refractivity contribution in [2.75, 3.05) is 32.8 Å². The quantitative estimate of drug-likeness (QED) is 0.749. The third-order valence-electron chi connectivity index (χ3n) is 5.48. The van der Waals surface area contributed by atoms with Crippen molar-refractivity contribution in [3.8, 4) is 5.75 Å². The molecule has 0 saturated carbocycles. The van der Waals surface area contributed by atoms with Crippen LogP contribution in [0.4, 0.5) is 0 Å². The van der Waals surface area contributed by atoms with Crippen molar-refractivity contribution in [2.45, 2.75) is 31.6 Å². The molecule has 2 unspecified atom stereocenters. The molecule has 1 amide bonds. The lowest BCUT2D eigenvalue weighted by atomic mass is 10.00. The minimum absolute atomic E-state index is 0.0894. The Morgan fingerprint density at radius 3 is 2.76 bits per heavy atom. The fraction of sp³-hybridized carbons (Fsp3) is 0.435. The van der Waals surface area contributed by atoms with Crippen LogP contribution in [-0.2, 0) is 17.7 Å². The van der Waals surface area contributed by atoms with Crippen LogP contribution in [0.3, 0.4) is 0 Å². The fourth-order valence-corrected chi connectivity index (χ4v) is 3.87. The SMILES string of the molecule is O=C(NCC(O)CN1CCc2ccccc2C1)c1ccc(OC2CCOC2)cc1. The monoisotopic (exact) mass is 396 g/mol. The number of nitrogens with one attached hydrogen (secondary N) is 1. The van der Waals surface area contributed by atoms with E-state index >= 15 is 0 Å². The summed E-state index contributed by atoms with van der Waals surface area (Å²) in [5.74, 6) is 0.547. The van der Waals surface area contributed by atoms with E-state index in [2.05, 4.69) is 34.5 Å². The van der Waals surface area contributed by atoms with Crippen LogP contribution in [0.25, 0.3) is 0 Å². The number of nitrogens with zero attached hydrogens (tertiary/aromatic N) is 1. The first-order chi connectivity index (χ1) is 14.2. The number of carbonyl (C=O) groups is 1. The van der Waals surface area contributed by atoms with Gasteiger partial charge in [0.15, 0.2) is 0 Å². The van der Waals surface area contributed by atoms with E-state index in [1.54, 1.807) is 24.3 Å². The molecule has 0 bridgehead atoms. The number of β-amino-alcohol motifs (C(OH)–C–C–N with tert-alkyl or cyclic N) is 1. The first kappa shape index (κ1) is 19.9. The number of aliphatic hydroxyl groups is 1. The van der Waals surface area contributed by atoms with Crippen molar-refractivity contribution in [1.29, 1.82) is 0 Å². The number of carbonyl (C=O) groups excluding carboxylic acids is 1. The van der Waals surface area contributed by atoms with Gasteiger partial charge < -0.3 is 19.9 Å². The second kappa shape index (κ2) is 9.39. The molecule has 2 heterocycles. The molecule has 2 atom stereocenters. The predicted octanol–water partition coefficient (Wildman–Crippen LogP) is 2.00. The molecule has 0 radical (unpaired) electrons. The van der Waals surface area contributed by atoms with Gasteiger partial charge in [-0.05, 0) is 41.8 Å². The van der Waals surface area contributed by atoms with Gasteiger partial charge in [-0.2, -0.15) is 0 Å². The Hall–Kier alpha value is -2.41. The first-order valence-corrected chi connectivity index (χ1v) is 10.3. The predicted molar refractivity (Wildman–Crippen MR) is 110 cm³/mol. The highest BCUT2D eigenvalue weighted by Gasteiger charge is 2.19. The second-order valence-electron chi connectivity index (χ2n) is 7.75. The normalized spacial score (nSPS) is 20.1. The average molecular weight is 396 g/mol. The minimum atomic E-state index is -0.603. The Balaban J connectivity index is 1.22. The molecule has 29 heavy (non-hydrogen) atoms. The zero-order valence-corrected chi connectivity index (χ0v) is 16.5. The van der Waals surface area contributed by atoms with Gasteiger partial charge in [0.2, 0.25) is 0 Å². The van der Waals surface area contributed by atoms with Gasteiger partial charge in [0.25, 0.3) is 5.91 Å². The number of fused-ring (bicyclic) bond motifs is 1. The zero-order chi connectivity index (χ0) is 20.1. The van der Waals surface area contributed by atoms with Crippen LogP contribution in [0.1, 0.15) is 27.9 Å². The van der Waals surface area contributed by atoms with Crippen molar-refractivity contribution in [1.82, 2.24) is 10.2 Å². The largest absolute Gasteiger partial charge is 0.488 e. The molecule has 1 fully saturated rings. The zero-order valence-electron chi connectivity index (χ0n) is 16.5. The molecule has 2 aromatic carbocycles. The molecular weight excluding hydrogens is 368 g/mol. The van der Waals surface area contributed by atoms with Crippen LogP contribution < -0.4 is 10.1 Å². The molecule has 1 saturated heterocycles. The van der Waals surface area contributed by atoms with Gasteiger partial charge in [-0.25, -0.2) is 0 Å². The van der Waals surface area contributed by atoms with Gasteiger partial charge in [-0.3, -0.25) is 9.69 Å². The molecule has 0 aromatic heterocycles.